The van der Waals surface area contributed by atoms with Crippen LogP contribution in [-0.4, -0.2) is 31.5 Å². The van der Waals surface area contributed by atoms with Gasteiger partial charge in [-0.25, -0.2) is 4.79 Å². The predicted octanol–water partition coefficient (Wildman–Crippen LogP) is 12.9. The van der Waals surface area contributed by atoms with Crippen LogP contribution in [0.3, 0.4) is 0 Å². The van der Waals surface area contributed by atoms with Gasteiger partial charge < -0.3 is 25.8 Å². The molecule has 6 aromatic rings. The zero-order valence-corrected chi connectivity index (χ0v) is 33.3. The fourth-order valence-electron chi connectivity index (χ4n) is 7.61. The smallest absolute Gasteiger partial charge is 0.411 e. The average Bonchev–Trinajstić information content (AvgIpc) is 3.22. The number of carbonyl (C=O) groups excluding carboxylic acids is 1. The first-order valence-electron chi connectivity index (χ1n) is 20.5. The third-order valence-corrected chi connectivity index (χ3v) is 10.6. The molecule has 0 bridgehead atoms. The van der Waals surface area contributed by atoms with Crippen molar-refractivity contribution in [1.29, 1.82) is 0 Å². The van der Waals surface area contributed by atoms with Crippen LogP contribution in [0, 0.1) is 0 Å². The molecule has 5 N–H and O–H groups in total. The summed E-state index contributed by atoms with van der Waals surface area (Å²) in [5.74, 6) is 0. The molecule has 0 aliphatic carbocycles. The lowest BCUT2D eigenvalue weighted by Gasteiger charge is -2.18. The van der Waals surface area contributed by atoms with Crippen molar-refractivity contribution in [3.05, 3.63) is 131 Å². The molecule has 0 aliphatic rings. The maximum absolute atomic E-state index is 12.7. The number of nitrogens with one attached hydrogen (secondary N) is 4. The van der Waals surface area contributed by atoms with Crippen molar-refractivity contribution >= 4 is 61.8 Å². The van der Waals surface area contributed by atoms with Crippen LogP contribution in [0.15, 0.2) is 109 Å². The fraction of sp³-hybridized carbons (Fsp3) is 0.327. The number of unbranched alkanes of at least 4 members (excludes halogenated alkanes) is 6. The predicted molar refractivity (Wildman–Crippen MR) is 237 cm³/mol. The average molecular weight is 751 g/mol. The number of anilines is 6. The largest absolute Gasteiger partial charge is 0.447 e. The Morgan fingerprint density at radius 3 is 1.54 bits per heavy atom. The van der Waals surface area contributed by atoms with Crippen LogP contribution in [0.25, 0.3) is 21.5 Å². The summed E-state index contributed by atoms with van der Waals surface area (Å²) in [6.07, 6.45) is 12.1. The molecule has 0 aliphatic heterocycles. The van der Waals surface area contributed by atoms with Gasteiger partial charge in [0.25, 0.3) is 0 Å². The number of aryl methyl sites for hydroxylation is 2. The second-order valence-electron chi connectivity index (χ2n) is 14.7. The normalized spacial score (nSPS) is 11.1. The maximum Gasteiger partial charge on any atom is 0.411 e. The first kappa shape index (κ1) is 40.1. The van der Waals surface area contributed by atoms with Crippen LogP contribution in [0.2, 0.25) is 0 Å². The number of hydrogen-bond acceptors (Lipinski definition) is 6. The van der Waals surface area contributed by atoms with Gasteiger partial charge in [0.2, 0.25) is 0 Å². The molecule has 1 amide bonds. The summed E-state index contributed by atoms with van der Waals surface area (Å²) in [4.78, 5) is 12.7. The van der Waals surface area contributed by atoms with E-state index in [-0.39, 0.29) is 13.2 Å². The molecule has 0 radical (unpaired) electrons. The number of benzene rings is 6. The number of carbonyl (C=O) groups is 1. The molecule has 7 nitrogen and oxygen atoms in total. The van der Waals surface area contributed by atoms with Crippen molar-refractivity contribution in [2.75, 3.05) is 41.5 Å². The number of rotatable bonds is 20. The Kier molecular flexibility index (Phi) is 14.6. The van der Waals surface area contributed by atoms with Crippen molar-refractivity contribution < 1.29 is 14.6 Å². The Morgan fingerprint density at radius 2 is 1.04 bits per heavy atom. The lowest BCUT2D eigenvalue weighted by Crippen LogP contribution is -2.16. The Labute approximate surface area is 332 Å². The summed E-state index contributed by atoms with van der Waals surface area (Å²) in [6.45, 7) is 4.19. The van der Waals surface area contributed by atoms with E-state index in [9.17, 15) is 9.90 Å². The third kappa shape index (κ3) is 10.4. The quantitative estimate of drug-likeness (QED) is 0.0499. The van der Waals surface area contributed by atoms with E-state index in [0.29, 0.717) is 12.1 Å². The highest BCUT2D eigenvalue weighted by Gasteiger charge is 2.14. The molecule has 0 atom stereocenters. The number of aliphatic hydroxyl groups is 1. The Balaban J connectivity index is 1.28. The number of ether oxygens (including phenoxy) is 1. The first-order chi connectivity index (χ1) is 27.5. The number of hydrogen-bond donors (Lipinski definition) is 5. The number of amides is 1. The standard InChI is InChI=1S/C49H58N4O3/c1-4-6-8-10-16-37-24-28-43(41-20-14-12-18-39(37)41)51-47-33-35(22-26-45(47)50-3)32-36-23-27-46(53-49(55)56-31-30-54)48(34-36)52-44-29-25-38(17-11-9-7-5-2)40-19-13-15-21-42(40)44/h12-15,18-29,33-34,50-52,54H,4-11,16-17,30-32H2,1-3H3,(H,53,55). The minimum absolute atomic E-state index is 0.0744. The topological polar surface area (TPSA) is 94.7 Å². The van der Waals surface area contributed by atoms with E-state index in [1.807, 2.05) is 19.2 Å². The third-order valence-electron chi connectivity index (χ3n) is 10.6. The summed E-state index contributed by atoms with van der Waals surface area (Å²) < 4.78 is 5.17. The monoisotopic (exact) mass is 750 g/mol. The molecule has 0 saturated carbocycles. The maximum atomic E-state index is 12.7. The van der Waals surface area contributed by atoms with E-state index in [2.05, 4.69) is 132 Å². The minimum atomic E-state index is -0.613. The van der Waals surface area contributed by atoms with Crippen molar-refractivity contribution in [1.82, 2.24) is 0 Å². The highest BCUT2D eigenvalue weighted by molar-refractivity contribution is 6.00. The summed E-state index contributed by atoms with van der Waals surface area (Å²) >= 11 is 0. The van der Waals surface area contributed by atoms with Crippen LogP contribution in [0.5, 0.6) is 0 Å². The Morgan fingerprint density at radius 1 is 0.554 bits per heavy atom. The molecule has 292 valence electrons. The van der Waals surface area contributed by atoms with Crippen molar-refractivity contribution in [2.24, 2.45) is 0 Å². The fourth-order valence-corrected chi connectivity index (χ4v) is 7.61. The Bertz CT molecular complexity index is 2210. The molecular formula is C49H58N4O3. The Hall–Kier alpha value is -5.53. The van der Waals surface area contributed by atoms with E-state index in [0.717, 1.165) is 57.8 Å². The minimum Gasteiger partial charge on any atom is -0.447 e. The first-order valence-corrected chi connectivity index (χ1v) is 20.5. The summed E-state index contributed by atoms with van der Waals surface area (Å²) in [6, 6.07) is 38.7. The second kappa shape index (κ2) is 20.4. The van der Waals surface area contributed by atoms with Crippen LogP contribution in [0.4, 0.5) is 38.9 Å². The molecule has 0 unspecified atom stereocenters. The zero-order chi connectivity index (χ0) is 39.1. The summed E-state index contributed by atoms with van der Waals surface area (Å²) in [7, 11) is 1.95. The molecule has 0 fully saturated rings. The lowest BCUT2D eigenvalue weighted by molar-refractivity contribution is 0.131. The van der Waals surface area contributed by atoms with E-state index < -0.39 is 6.09 Å². The van der Waals surface area contributed by atoms with Gasteiger partial charge >= 0.3 is 6.09 Å². The van der Waals surface area contributed by atoms with Crippen LogP contribution in [-0.2, 0) is 24.0 Å². The van der Waals surface area contributed by atoms with Gasteiger partial charge in [-0.2, -0.15) is 0 Å². The van der Waals surface area contributed by atoms with E-state index >= 15 is 0 Å². The molecular weight excluding hydrogens is 693 g/mol. The van der Waals surface area contributed by atoms with Gasteiger partial charge in [-0.3, -0.25) is 5.32 Å². The molecule has 0 spiro atoms. The van der Waals surface area contributed by atoms with Gasteiger partial charge in [0.05, 0.1) is 29.4 Å². The molecule has 56 heavy (non-hydrogen) atoms. The summed E-state index contributed by atoms with van der Waals surface area (Å²) in [5, 5.41) is 27.8. The van der Waals surface area contributed by atoms with Crippen molar-refractivity contribution in [2.45, 2.75) is 84.5 Å². The molecule has 0 aromatic heterocycles. The van der Waals surface area contributed by atoms with E-state index in [1.54, 1.807) is 0 Å². The highest BCUT2D eigenvalue weighted by atomic mass is 16.6. The molecule has 6 aromatic carbocycles. The van der Waals surface area contributed by atoms with Crippen LogP contribution in [0.1, 0.15) is 87.5 Å². The second-order valence-corrected chi connectivity index (χ2v) is 14.7. The van der Waals surface area contributed by atoms with Gasteiger partial charge in [0.15, 0.2) is 0 Å². The van der Waals surface area contributed by atoms with Gasteiger partial charge in [-0.1, -0.05) is 125 Å². The van der Waals surface area contributed by atoms with Gasteiger partial charge in [-0.05, 0) is 102 Å². The lowest BCUT2D eigenvalue weighted by atomic mass is 9.97. The van der Waals surface area contributed by atoms with E-state index in [4.69, 9.17) is 4.74 Å². The molecule has 6 rings (SSSR count). The zero-order valence-electron chi connectivity index (χ0n) is 33.3. The van der Waals surface area contributed by atoms with Crippen LogP contribution >= 0.6 is 0 Å². The van der Waals surface area contributed by atoms with E-state index in [1.165, 1.54) is 78.7 Å². The van der Waals surface area contributed by atoms with Crippen LogP contribution < -0.4 is 21.3 Å². The van der Waals surface area contributed by atoms with Crippen molar-refractivity contribution in [3.63, 3.8) is 0 Å². The summed E-state index contributed by atoms with van der Waals surface area (Å²) in [5.41, 5.74) is 10.4. The molecule has 0 saturated heterocycles. The number of aliphatic hydroxyl groups excluding tert-OH is 1. The van der Waals surface area contributed by atoms with Gasteiger partial charge in [-0.15, -0.1) is 0 Å². The SMILES string of the molecule is CCCCCCc1ccc(Nc2cc(Cc3ccc(NC(=O)OCCO)c(Nc4ccc(CCCCCC)c5ccccc45)c3)ccc2NC)c2ccccc12. The van der Waals surface area contributed by atoms with Gasteiger partial charge in [0, 0.05) is 29.2 Å². The highest BCUT2D eigenvalue weighted by Crippen LogP contribution is 2.36. The molecule has 0 heterocycles. The van der Waals surface area contributed by atoms with Crippen molar-refractivity contribution in [3.8, 4) is 0 Å². The molecule has 7 heteroatoms. The van der Waals surface area contributed by atoms with Gasteiger partial charge in [0.1, 0.15) is 6.61 Å². The number of fused-ring (bicyclic) bond motifs is 2.